The van der Waals surface area contributed by atoms with Crippen LogP contribution in [0.4, 0.5) is 10.1 Å². The van der Waals surface area contributed by atoms with Crippen LogP contribution in [0.3, 0.4) is 0 Å². The number of aromatic nitrogens is 1. The van der Waals surface area contributed by atoms with E-state index in [2.05, 4.69) is 10.3 Å². The highest BCUT2D eigenvalue weighted by atomic mass is 32.2. The smallest absolute Gasteiger partial charge is 0.239 e. The number of carbonyl (C=O) groups is 1. The quantitative estimate of drug-likeness (QED) is 0.869. The van der Waals surface area contributed by atoms with E-state index in [1.807, 2.05) is 0 Å². The van der Waals surface area contributed by atoms with Crippen molar-refractivity contribution in [3.63, 3.8) is 0 Å². The molecule has 1 N–H and O–H groups in total. The normalized spacial score (nSPS) is 11.4. The number of carbonyl (C=O) groups excluding carboxylic acids is 1. The second kappa shape index (κ2) is 7.30. The van der Waals surface area contributed by atoms with Gasteiger partial charge in [0.15, 0.2) is 0 Å². The summed E-state index contributed by atoms with van der Waals surface area (Å²) in [5.74, 6) is -1.05. The average Bonchev–Trinajstić information content (AvgIpc) is 2.48. The maximum Gasteiger partial charge on any atom is 0.239 e. The number of nitrogens with zero attached hydrogens (tertiary/aromatic N) is 2. The maximum absolute atomic E-state index is 13.7. The van der Waals surface area contributed by atoms with E-state index in [1.165, 1.54) is 24.4 Å². The summed E-state index contributed by atoms with van der Waals surface area (Å²) in [6.07, 6.45) is 3.97. The van der Waals surface area contributed by atoms with Crippen molar-refractivity contribution in [2.24, 2.45) is 0 Å². The number of benzene rings is 1. The molecular formula is C15H16FN3O3S. The van der Waals surface area contributed by atoms with E-state index in [-0.39, 0.29) is 12.1 Å². The van der Waals surface area contributed by atoms with Crippen LogP contribution in [0.25, 0.3) is 0 Å². The molecule has 0 aliphatic carbocycles. The third-order valence-corrected chi connectivity index (χ3v) is 4.24. The molecule has 1 aromatic heterocycles. The van der Waals surface area contributed by atoms with Crippen molar-refractivity contribution in [3.8, 4) is 0 Å². The Kier molecular flexibility index (Phi) is 5.41. The van der Waals surface area contributed by atoms with Gasteiger partial charge < -0.3 is 5.32 Å². The van der Waals surface area contributed by atoms with Crippen LogP contribution in [0, 0.1) is 5.82 Å². The highest BCUT2D eigenvalue weighted by molar-refractivity contribution is 7.88. The molecule has 0 bridgehead atoms. The van der Waals surface area contributed by atoms with Crippen molar-refractivity contribution < 1.29 is 17.6 Å². The predicted molar refractivity (Wildman–Crippen MR) is 84.5 cm³/mol. The summed E-state index contributed by atoms with van der Waals surface area (Å²) in [6, 6.07) is 9.11. The van der Waals surface area contributed by atoms with E-state index < -0.39 is 28.3 Å². The maximum atomic E-state index is 13.7. The molecule has 2 aromatic rings. The number of rotatable bonds is 6. The van der Waals surface area contributed by atoms with Crippen LogP contribution in [0.15, 0.2) is 48.8 Å². The van der Waals surface area contributed by atoms with Crippen LogP contribution in [0.5, 0.6) is 0 Å². The lowest BCUT2D eigenvalue weighted by Crippen LogP contribution is -2.37. The SMILES string of the molecule is CS(=O)(=O)N(CC(=O)Nc1cccnc1)Cc1ccccc1F. The van der Waals surface area contributed by atoms with Gasteiger partial charge in [-0.2, -0.15) is 4.31 Å². The molecule has 2 rings (SSSR count). The third-order valence-electron chi connectivity index (χ3n) is 3.04. The first kappa shape index (κ1) is 17.0. The van der Waals surface area contributed by atoms with Crippen LogP contribution in [0.1, 0.15) is 5.56 Å². The van der Waals surface area contributed by atoms with E-state index in [0.29, 0.717) is 5.69 Å². The summed E-state index contributed by atoms with van der Waals surface area (Å²) in [6.45, 7) is -0.631. The molecule has 0 fully saturated rings. The molecule has 122 valence electrons. The fourth-order valence-electron chi connectivity index (χ4n) is 1.90. The van der Waals surface area contributed by atoms with E-state index in [4.69, 9.17) is 0 Å². The van der Waals surface area contributed by atoms with Crippen molar-refractivity contribution in [1.29, 1.82) is 0 Å². The number of halogens is 1. The third kappa shape index (κ3) is 5.11. The summed E-state index contributed by atoms with van der Waals surface area (Å²) in [5.41, 5.74) is 0.656. The molecule has 0 saturated carbocycles. The summed E-state index contributed by atoms with van der Waals surface area (Å²) >= 11 is 0. The Morgan fingerprint density at radius 1 is 1.26 bits per heavy atom. The van der Waals surface area contributed by atoms with Gasteiger partial charge in [0.25, 0.3) is 0 Å². The highest BCUT2D eigenvalue weighted by Gasteiger charge is 2.21. The Balaban J connectivity index is 2.11. The van der Waals surface area contributed by atoms with Gasteiger partial charge >= 0.3 is 0 Å². The molecule has 8 heteroatoms. The molecule has 0 spiro atoms. The molecular weight excluding hydrogens is 321 g/mol. The molecule has 0 unspecified atom stereocenters. The Hall–Kier alpha value is -2.32. The van der Waals surface area contributed by atoms with Gasteiger partial charge in [0.05, 0.1) is 24.7 Å². The number of anilines is 1. The van der Waals surface area contributed by atoms with Crippen LogP contribution in [-0.2, 0) is 21.4 Å². The largest absolute Gasteiger partial charge is 0.324 e. The molecule has 1 amide bonds. The zero-order chi connectivity index (χ0) is 16.9. The molecule has 0 radical (unpaired) electrons. The molecule has 1 heterocycles. The number of sulfonamides is 1. The first-order valence-corrected chi connectivity index (χ1v) is 8.59. The number of amides is 1. The Labute approximate surface area is 134 Å². The van der Waals surface area contributed by atoms with Crippen molar-refractivity contribution in [2.45, 2.75) is 6.54 Å². The summed E-state index contributed by atoms with van der Waals surface area (Å²) in [5, 5.41) is 2.54. The van der Waals surface area contributed by atoms with Gasteiger partial charge in [0, 0.05) is 18.3 Å². The minimum atomic E-state index is -3.68. The monoisotopic (exact) mass is 337 g/mol. The first-order chi connectivity index (χ1) is 10.9. The number of hydrogen-bond acceptors (Lipinski definition) is 4. The molecule has 0 aliphatic rings. The van der Waals surface area contributed by atoms with Crippen LogP contribution >= 0.6 is 0 Å². The summed E-state index contributed by atoms with van der Waals surface area (Å²) in [7, 11) is -3.68. The Morgan fingerprint density at radius 2 is 2.00 bits per heavy atom. The second-order valence-electron chi connectivity index (χ2n) is 4.91. The predicted octanol–water partition coefficient (Wildman–Crippen LogP) is 1.62. The van der Waals surface area contributed by atoms with Gasteiger partial charge in [-0.05, 0) is 18.2 Å². The van der Waals surface area contributed by atoms with Crippen molar-refractivity contribution >= 4 is 21.6 Å². The van der Waals surface area contributed by atoms with Crippen molar-refractivity contribution in [1.82, 2.24) is 9.29 Å². The molecule has 0 aliphatic heterocycles. The standard InChI is InChI=1S/C15H16FN3O3S/c1-23(21,22)19(10-12-5-2-3-7-14(12)16)11-15(20)18-13-6-4-8-17-9-13/h2-9H,10-11H2,1H3,(H,18,20). The van der Waals surface area contributed by atoms with E-state index in [0.717, 1.165) is 10.6 Å². The van der Waals surface area contributed by atoms with Crippen molar-refractivity contribution in [2.75, 3.05) is 18.1 Å². The average molecular weight is 337 g/mol. The Bertz CT molecular complexity index is 782. The van der Waals surface area contributed by atoms with E-state index in [1.54, 1.807) is 24.4 Å². The van der Waals surface area contributed by atoms with Gasteiger partial charge in [-0.15, -0.1) is 0 Å². The van der Waals surface area contributed by atoms with Gasteiger partial charge in [-0.25, -0.2) is 12.8 Å². The zero-order valence-corrected chi connectivity index (χ0v) is 13.3. The molecule has 0 saturated heterocycles. The van der Waals surface area contributed by atoms with Gasteiger partial charge in [0.2, 0.25) is 15.9 Å². The first-order valence-electron chi connectivity index (χ1n) is 6.74. The van der Waals surface area contributed by atoms with Gasteiger partial charge in [0.1, 0.15) is 5.82 Å². The van der Waals surface area contributed by atoms with E-state index >= 15 is 0 Å². The summed E-state index contributed by atoms with van der Waals surface area (Å²) in [4.78, 5) is 15.9. The lowest BCUT2D eigenvalue weighted by atomic mass is 10.2. The number of nitrogens with one attached hydrogen (secondary N) is 1. The van der Waals surface area contributed by atoms with Gasteiger partial charge in [-0.1, -0.05) is 18.2 Å². The van der Waals surface area contributed by atoms with Crippen LogP contribution in [0.2, 0.25) is 0 Å². The fourth-order valence-corrected chi connectivity index (χ4v) is 2.63. The molecule has 23 heavy (non-hydrogen) atoms. The molecule has 6 nitrogen and oxygen atoms in total. The van der Waals surface area contributed by atoms with Crippen molar-refractivity contribution in [3.05, 3.63) is 60.2 Å². The minimum absolute atomic E-state index is 0.201. The molecule has 0 atom stereocenters. The minimum Gasteiger partial charge on any atom is -0.324 e. The lowest BCUT2D eigenvalue weighted by Gasteiger charge is -2.19. The Morgan fingerprint density at radius 3 is 2.61 bits per heavy atom. The van der Waals surface area contributed by atoms with E-state index in [9.17, 15) is 17.6 Å². The van der Waals surface area contributed by atoms with Crippen LogP contribution in [-0.4, -0.2) is 36.4 Å². The lowest BCUT2D eigenvalue weighted by molar-refractivity contribution is -0.116. The second-order valence-corrected chi connectivity index (χ2v) is 6.89. The van der Waals surface area contributed by atoms with Crippen LogP contribution < -0.4 is 5.32 Å². The topological polar surface area (TPSA) is 79.4 Å². The summed E-state index contributed by atoms with van der Waals surface area (Å²) < 4.78 is 38.3. The zero-order valence-electron chi connectivity index (χ0n) is 12.4. The highest BCUT2D eigenvalue weighted by Crippen LogP contribution is 2.12. The molecule has 1 aromatic carbocycles. The fraction of sp³-hybridized carbons (Fsp3) is 0.200. The number of hydrogen-bond donors (Lipinski definition) is 1. The van der Waals surface area contributed by atoms with Gasteiger partial charge in [-0.3, -0.25) is 9.78 Å². The number of pyridine rings is 1.